The van der Waals surface area contributed by atoms with Gasteiger partial charge in [0.25, 0.3) is 0 Å². The first-order valence-electron chi connectivity index (χ1n) is 11.0. The molecule has 1 aliphatic heterocycles. The smallest absolute Gasteiger partial charge is 0.170 e. The molecule has 3 nitrogen and oxygen atoms in total. The summed E-state index contributed by atoms with van der Waals surface area (Å²) in [5.74, 6) is -0.401. The third-order valence-electron chi connectivity index (χ3n) is 6.05. The predicted molar refractivity (Wildman–Crippen MR) is 126 cm³/mol. The average molecular weight is 412 g/mol. The van der Waals surface area contributed by atoms with E-state index in [4.69, 9.17) is 0 Å². The zero-order chi connectivity index (χ0) is 21.6. The maximum Gasteiger partial charge on any atom is 0.170 e. The van der Waals surface area contributed by atoms with E-state index in [0.717, 1.165) is 12.8 Å². The second kappa shape index (κ2) is 9.76. The Labute approximate surface area is 184 Å². The van der Waals surface area contributed by atoms with Crippen LogP contribution in [0.3, 0.4) is 0 Å². The second-order valence-corrected chi connectivity index (χ2v) is 8.15. The Morgan fingerprint density at radius 1 is 0.935 bits per heavy atom. The Morgan fingerprint density at radius 2 is 1.55 bits per heavy atom. The molecular formula is C28H29NO2. The van der Waals surface area contributed by atoms with E-state index in [2.05, 4.69) is 43.3 Å². The van der Waals surface area contributed by atoms with E-state index in [1.54, 1.807) is 0 Å². The van der Waals surface area contributed by atoms with Crippen LogP contribution in [0, 0.1) is 5.92 Å². The normalized spacial score (nSPS) is 21.0. The maximum absolute atomic E-state index is 13.1. The van der Waals surface area contributed by atoms with Gasteiger partial charge in [0.2, 0.25) is 0 Å². The SMILES string of the molecule is CC/C=C/N1C(O)C(C(=O)c2ccccc2)C[C@H]1Cc1ccc(-c2ccccc2)cc1. The first kappa shape index (κ1) is 21.1. The summed E-state index contributed by atoms with van der Waals surface area (Å²) in [5.41, 5.74) is 4.26. The van der Waals surface area contributed by atoms with Gasteiger partial charge >= 0.3 is 0 Å². The number of benzene rings is 3. The lowest BCUT2D eigenvalue weighted by molar-refractivity contribution is 0.0246. The molecule has 1 N–H and O–H groups in total. The topological polar surface area (TPSA) is 40.5 Å². The van der Waals surface area contributed by atoms with Gasteiger partial charge in [0.15, 0.2) is 5.78 Å². The van der Waals surface area contributed by atoms with Crippen molar-refractivity contribution in [2.45, 2.75) is 38.5 Å². The van der Waals surface area contributed by atoms with Crippen molar-refractivity contribution in [3.63, 3.8) is 0 Å². The van der Waals surface area contributed by atoms with Crippen molar-refractivity contribution in [2.24, 2.45) is 5.92 Å². The molecule has 1 heterocycles. The summed E-state index contributed by atoms with van der Waals surface area (Å²) in [5, 5.41) is 11.0. The fourth-order valence-corrected chi connectivity index (χ4v) is 4.38. The number of aliphatic hydroxyl groups is 1. The van der Waals surface area contributed by atoms with Crippen LogP contribution in [0.15, 0.2) is 97.2 Å². The number of hydrogen-bond acceptors (Lipinski definition) is 3. The van der Waals surface area contributed by atoms with Gasteiger partial charge in [0.05, 0.1) is 5.92 Å². The van der Waals surface area contributed by atoms with E-state index in [9.17, 15) is 9.90 Å². The number of carbonyl (C=O) groups excluding carboxylic acids is 1. The van der Waals surface area contributed by atoms with Crippen LogP contribution in [0.25, 0.3) is 11.1 Å². The van der Waals surface area contributed by atoms with E-state index in [-0.39, 0.29) is 11.8 Å². The molecule has 0 aromatic heterocycles. The summed E-state index contributed by atoms with van der Waals surface area (Å²) in [7, 11) is 0. The van der Waals surface area contributed by atoms with Gasteiger partial charge in [0, 0.05) is 11.6 Å². The van der Waals surface area contributed by atoms with Crippen LogP contribution in [0.5, 0.6) is 0 Å². The van der Waals surface area contributed by atoms with Crippen LogP contribution in [-0.2, 0) is 6.42 Å². The van der Waals surface area contributed by atoms with Gasteiger partial charge < -0.3 is 10.0 Å². The van der Waals surface area contributed by atoms with Crippen LogP contribution in [0.4, 0.5) is 0 Å². The monoisotopic (exact) mass is 411 g/mol. The first-order valence-corrected chi connectivity index (χ1v) is 11.0. The average Bonchev–Trinajstić information content (AvgIpc) is 3.13. The molecule has 158 valence electrons. The molecule has 0 spiro atoms. The van der Waals surface area contributed by atoms with Gasteiger partial charge in [-0.1, -0.05) is 97.9 Å². The lowest BCUT2D eigenvalue weighted by Crippen LogP contribution is -2.35. The fourth-order valence-electron chi connectivity index (χ4n) is 4.38. The largest absolute Gasteiger partial charge is 0.373 e. The van der Waals surface area contributed by atoms with Gasteiger partial charge in [-0.05, 0) is 42.2 Å². The van der Waals surface area contributed by atoms with Crippen molar-refractivity contribution in [3.05, 3.63) is 108 Å². The molecule has 0 amide bonds. The van der Waals surface area contributed by atoms with Crippen molar-refractivity contribution in [3.8, 4) is 11.1 Å². The quantitative estimate of drug-likeness (QED) is 0.506. The molecule has 1 fully saturated rings. The summed E-state index contributed by atoms with van der Waals surface area (Å²) >= 11 is 0. The lowest BCUT2D eigenvalue weighted by atomic mass is 9.92. The number of rotatable bonds is 7. The molecule has 3 aromatic carbocycles. The summed E-state index contributed by atoms with van der Waals surface area (Å²) in [6.07, 6.45) is 5.53. The van der Waals surface area contributed by atoms with Crippen molar-refractivity contribution in [1.29, 1.82) is 0 Å². The third-order valence-corrected chi connectivity index (χ3v) is 6.05. The number of hydrogen-bond donors (Lipinski definition) is 1. The van der Waals surface area contributed by atoms with Crippen molar-refractivity contribution >= 4 is 5.78 Å². The highest BCUT2D eigenvalue weighted by molar-refractivity contribution is 5.98. The Morgan fingerprint density at radius 3 is 2.19 bits per heavy atom. The zero-order valence-electron chi connectivity index (χ0n) is 17.9. The predicted octanol–water partition coefficient (Wildman–Crippen LogP) is 5.71. The number of ketones is 1. The van der Waals surface area contributed by atoms with Gasteiger partial charge in [-0.15, -0.1) is 0 Å². The Bertz CT molecular complexity index is 1010. The van der Waals surface area contributed by atoms with Gasteiger partial charge in [-0.25, -0.2) is 0 Å². The van der Waals surface area contributed by atoms with E-state index in [0.29, 0.717) is 12.0 Å². The number of nitrogens with zero attached hydrogens (tertiary/aromatic N) is 1. The van der Waals surface area contributed by atoms with Crippen molar-refractivity contribution in [2.75, 3.05) is 0 Å². The number of Topliss-reactive ketones (excluding diaryl/α,β-unsaturated/α-hetero) is 1. The minimum atomic E-state index is -0.802. The van der Waals surface area contributed by atoms with E-state index in [1.165, 1.54) is 16.7 Å². The number of carbonyl (C=O) groups is 1. The van der Waals surface area contributed by atoms with Crippen molar-refractivity contribution in [1.82, 2.24) is 4.90 Å². The fraction of sp³-hybridized carbons (Fsp3) is 0.250. The Hall–Kier alpha value is -3.17. The molecule has 0 aliphatic carbocycles. The van der Waals surface area contributed by atoms with Crippen LogP contribution in [0.1, 0.15) is 35.7 Å². The van der Waals surface area contributed by atoms with Crippen LogP contribution >= 0.6 is 0 Å². The van der Waals surface area contributed by atoms with Gasteiger partial charge in [0.1, 0.15) is 6.23 Å². The molecule has 3 atom stereocenters. The van der Waals surface area contributed by atoms with Crippen molar-refractivity contribution < 1.29 is 9.90 Å². The lowest BCUT2D eigenvalue weighted by Gasteiger charge is -2.26. The second-order valence-electron chi connectivity index (χ2n) is 8.15. The summed E-state index contributed by atoms with van der Waals surface area (Å²) in [6, 6.07) is 28.3. The molecule has 1 saturated heterocycles. The van der Waals surface area contributed by atoms with Crippen LogP contribution in [-0.4, -0.2) is 28.1 Å². The molecule has 1 aliphatic rings. The Kier molecular flexibility index (Phi) is 6.63. The highest BCUT2D eigenvalue weighted by Crippen LogP contribution is 2.34. The van der Waals surface area contributed by atoms with Gasteiger partial charge in [-0.3, -0.25) is 4.79 Å². The van der Waals surface area contributed by atoms with Gasteiger partial charge in [-0.2, -0.15) is 0 Å². The molecule has 3 aromatic rings. The number of allylic oxidation sites excluding steroid dienone is 1. The molecular weight excluding hydrogens is 382 g/mol. The first-order chi connectivity index (χ1) is 15.2. The minimum Gasteiger partial charge on any atom is -0.373 e. The zero-order valence-corrected chi connectivity index (χ0v) is 17.9. The molecule has 0 radical (unpaired) electrons. The maximum atomic E-state index is 13.1. The third kappa shape index (κ3) is 4.78. The highest BCUT2D eigenvalue weighted by Gasteiger charge is 2.42. The molecule has 2 unspecified atom stereocenters. The number of likely N-dealkylation sites (tertiary alicyclic amines) is 1. The minimum absolute atomic E-state index is 0.0184. The number of aliphatic hydroxyl groups excluding tert-OH is 1. The highest BCUT2D eigenvalue weighted by atomic mass is 16.3. The summed E-state index contributed by atoms with van der Waals surface area (Å²) < 4.78 is 0. The molecule has 4 rings (SSSR count). The standard InChI is InChI=1S/C28H29NO2/c1-2-3-18-29-25(20-26(28(29)31)27(30)24-12-8-5-9-13-24)19-21-14-16-23(17-15-21)22-10-6-4-7-11-22/h3-18,25-26,28,31H,2,19-20H2,1H3/b18-3+/t25-,26?,28?/m1/s1. The van der Waals surface area contributed by atoms with E-state index in [1.807, 2.05) is 65.7 Å². The Balaban J connectivity index is 1.53. The summed E-state index contributed by atoms with van der Waals surface area (Å²) in [6.45, 7) is 2.07. The molecule has 0 saturated carbocycles. The van der Waals surface area contributed by atoms with E-state index < -0.39 is 12.1 Å². The molecule has 3 heteroatoms. The van der Waals surface area contributed by atoms with E-state index >= 15 is 0 Å². The van der Waals surface area contributed by atoms with Crippen LogP contribution < -0.4 is 0 Å². The molecule has 31 heavy (non-hydrogen) atoms. The molecule has 0 bridgehead atoms. The summed E-state index contributed by atoms with van der Waals surface area (Å²) in [4.78, 5) is 15.0. The van der Waals surface area contributed by atoms with Crippen LogP contribution in [0.2, 0.25) is 0 Å².